The van der Waals surface area contributed by atoms with Gasteiger partial charge in [0.05, 0.1) is 18.3 Å². The Bertz CT molecular complexity index is 403. The number of hydrogen-bond donors (Lipinski definition) is 0. The molecule has 0 unspecified atom stereocenters. The predicted octanol–water partition coefficient (Wildman–Crippen LogP) is 5.71. The monoisotopic (exact) mass is 480 g/mol. The van der Waals surface area contributed by atoms with Crippen LogP contribution in [0.25, 0.3) is 0 Å². The molecular weight excluding hydrogens is 432 g/mol. The van der Waals surface area contributed by atoms with Gasteiger partial charge in [0.1, 0.15) is 0 Å². The van der Waals surface area contributed by atoms with Gasteiger partial charge in [-0.3, -0.25) is 0 Å². The number of rotatable bonds is 15. The van der Waals surface area contributed by atoms with Gasteiger partial charge in [0.15, 0.2) is 0 Å². The summed E-state index contributed by atoms with van der Waals surface area (Å²) in [5.41, 5.74) is 0. The molecule has 1 aliphatic rings. The fourth-order valence-electron chi connectivity index (χ4n) is 3.70. The fraction of sp³-hybridized carbons (Fsp3) is 1.00. The van der Waals surface area contributed by atoms with Crippen LogP contribution in [0.1, 0.15) is 62.3 Å². The van der Waals surface area contributed by atoms with Gasteiger partial charge in [-0.15, -0.1) is 0 Å². The van der Waals surface area contributed by atoms with Gasteiger partial charge in [0.2, 0.25) is 0 Å². The Morgan fingerprint density at radius 1 is 0.500 bits per heavy atom. The van der Waals surface area contributed by atoms with Gasteiger partial charge in [-0.05, 0) is 59.7 Å². The van der Waals surface area contributed by atoms with Gasteiger partial charge in [0, 0.05) is 38.0 Å². The number of hydrogen-bond acceptors (Lipinski definition) is 6. The van der Waals surface area contributed by atoms with Gasteiger partial charge in [0.25, 0.3) is 0 Å². The third kappa shape index (κ3) is 9.11. The van der Waals surface area contributed by atoms with Crippen LogP contribution in [0.2, 0.25) is 36.3 Å². The first-order valence-electron chi connectivity index (χ1n) is 12.0. The van der Waals surface area contributed by atoms with E-state index in [9.17, 15) is 0 Å². The van der Waals surface area contributed by atoms with E-state index in [0.29, 0.717) is 19.8 Å². The molecule has 0 atom stereocenters. The summed E-state index contributed by atoms with van der Waals surface area (Å²) in [5, 5.41) is 0. The Hall–Kier alpha value is 0.411. The zero-order valence-corrected chi connectivity index (χ0v) is 24.0. The molecule has 1 rings (SSSR count). The molecule has 0 amide bonds. The molecule has 0 spiro atoms. The normalized spacial score (nSPS) is 30.0. The Labute approximate surface area is 189 Å². The molecular formula is C21H48O6Si3. The minimum Gasteiger partial charge on any atom is -0.415 e. The van der Waals surface area contributed by atoms with Crippen molar-refractivity contribution in [2.75, 3.05) is 19.8 Å². The average Bonchev–Trinajstić information content (AvgIpc) is 2.67. The van der Waals surface area contributed by atoms with E-state index >= 15 is 0 Å². The zero-order chi connectivity index (χ0) is 22.8. The van der Waals surface area contributed by atoms with Crippen LogP contribution in [0.4, 0.5) is 0 Å². The molecule has 0 aromatic heterocycles. The quantitative estimate of drug-likeness (QED) is 0.280. The van der Waals surface area contributed by atoms with E-state index in [1.165, 1.54) is 0 Å². The molecule has 30 heavy (non-hydrogen) atoms. The first-order valence-corrected chi connectivity index (χ1v) is 18.7. The van der Waals surface area contributed by atoms with Gasteiger partial charge in [-0.25, -0.2) is 0 Å². The first kappa shape index (κ1) is 28.4. The summed E-state index contributed by atoms with van der Waals surface area (Å²) < 4.78 is 38.7. The molecule has 1 aliphatic heterocycles. The molecule has 1 fully saturated rings. The van der Waals surface area contributed by atoms with E-state index in [0.717, 1.165) is 36.3 Å². The molecule has 0 saturated carbocycles. The molecule has 9 heteroatoms. The summed E-state index contributed by atoms with van der Waals surface area (Å²) in [7, 11) is -7.28. The second-order valence-electron chi connectivity index (χ2n) is 9.11. The smallest absolute Gasteiger partial charge is 0.322 e. The summed E-state index contributed by atoms with van der Waals surface area (Å²) in [5.74, 6) is 0. The molecule has 1 saturated heterocycles. The third-order valence-electron chi connectivity index (χ3n) is 5.53. The zero-order valence-electron chi connectivity index (χ0n) is 21.0. The van der Waals surface area contributed by atoms with E-state index in [-0.39, 0.29) is 18.3 Å². The minimum atomic E-state index is -2.43. The van der Waals surface area contributed by atoms with E-state index in [2.05, 4.69) is 62.3 Å². The lowest BCUT2D eigenvalue weighted by molar-refractivity contribution is 0.0744. The van der Waals surface area contributed by atoms with Crippen molar-refractivity contribution in [3.05, 3.63) is 0 Å². The molecule has 1 heterocycles. The summed E-state index contributed by atoms with van der Waals surface area (Å²) in [6, 6.07) is 5.38. The van der Waals surface area contributed by atoms with Crippen LogP contribution in [-0.4, -0.2) is 63.8 Å². The van der Waals surface area contributed by atoms with Gasteiger partial charge in [-0.1, -0.05) is 20.8 Å². The van der Waals surface area contributed by atoms with Crippen LogP contribution in [0.5, 0.6) is 0 Å². The highest BCUT2D eigenvalue weighted by atomic mass is 28.5. The Balaban J connectivity index is 3.13. The SMILES string of the molecule is CC[Si]1(CCOC(C)C)O[Si](CC)(CCOC(C)C)O[Si](CC)(CCOC(C)C)O1. The molecule has 180 valence electrons. The molecule has 0 bridgehead atoms. The molecule has 0 N–H and O–H groups in total. The topological polar surface area (TPSA) is 55.4 Å². The third-order valence-corrected chi connectivity index (χ3v) is 20.6. The summed E-state index contributed by atoms with van der Waals surface area (Å²) in [6.45, 7) is 21.2. The van der Waals surface area contributed by atoms with Crippen molar-refractivity contribution in [3.63, 3.8) is 0 Å². The average molecular weight is 481 g/mol. The highest BCUT2D eigenvalue weighted by Gasteiger charge is 2.60. The maximum Gasteiger partial charge on any atom is 0.322 e. The Kier molecular flexibility index (Phi) is 12.5. The highest BCUT2D eigenvalue weighted by molar-refractivity contribution is 6.94. The molecule has 0 aromatic rings. The van der Waals surface area contributed by atoms with Crippen LogP contribution in [-0.2, 0) is 26.6 Å². The van der Waals surface area contributed by atoms with Crippen molar-refractivity contribution in [1.29, 1.82) is 0 Å². The first-order chi connectivity index (χ1) is 14.1. The Morgan fingerprint density at radius 3 is 0.900 bits per heavy atom. The second-order valence-corrected chi connectivity index (χ2v) is 20.6. The van der Waals surface area contributed by atoms with Crippen molar-refractivity contribution in [2.24, 2.45) is 0 Å². The van der Waals surface area contributed by atoms with E-state index in [1.54, 1.807) is 0 Å². The van der Waals surface area contributed by atoms with Crippen molar-refractivity contribution < 1.29 is 26.6 Å². The maximum atomic E-state index is 6.98. The molecule has 0 radical (unpaired) electrons. The predicted molar refractivity (Wildman–Crippen MR) is 130 cm³/mol. The van der Waals surface area contributed by atoms with Crippen molar-refractivity contribution in [1.82, 2.24) is 0 Å². The maximum absolute atomic E-state index is 6.98. The fourth-order valence-corrected chi connectivity index (χ4v) is 21.7. The van der Waals surface area contributed by atoms with Gasteiger partial charge < -0.3 is 26.6 Å². The van der Waals surface area contributed by atoms with Crippen LogP contribution < -0.4 is 0 Å². The van der Waals surface area contributed by atoms with E-state index in [4.69, 9.17) is 26.6 Å². The standard InChI is InChI=1S/C21H48O6Si3/c1-10-28(16-13-22-19(4)5)25-29(11-2,17-14-23-20(6)7)27-30(12-3,26-28)18-15-24-21(8)9/h19-21H,10-18H2,1-9H3. The van der Waals surface area contributed by atoms with Crippen LogP contribution in [0.3, 0.4) is 0 Å². The lowest BCUT2D eigenvalue weighted by atomic mass is 10.5. The summed E-state index contributed by atoms with van der Waals surface area (Å²) >= 11 is 0. The van der Waals surface area contributed by atoms with Crippen LogP contribution in [0.15, 0.2) is 0 Å². The minimum absolute atomic E-state index is 0.216. The van der Waals surface area contributed by atoms with Crippen molar-refractivity contribution in [3.8, 4) is 0 Å². The Morgan fingerprint density at radius 2 is 0.733 bits per heavy atom. The van der Waals surface area contributed by atoms with Crippen LogP contribution in [0, 0.1) is 0 Å². The molecule has 0 aliphatic carbocycles. The summed E-state index contributed by atoms with van der Waals surface area (Å²) in [4.78, 5) is 0. The lowest BCUT2D eigenvalue weighted by Gasteiger charge is -2.53. The van der Waals surface area contributed by atoms with Gasteiger partial charge in [-0.2, -0.15) is 0 Å². The largest absolute Gasteiger partial charge is 0.415 e. The highest BCUT2D eigenvalue weighted by Crippen LogP contribution is 2.41. The lowest BCUT2D eigenvalue weighted by Crippen LogP contribution is -2.70. The second kappa shape index (κ2) is 13.2. The van der Waals surface area contributed by atoms with Crippen LogP contribution >= 0.6 is 0 Å². The van der Waals surface area contributed by atoms with Crippen molar-refractivity contribution in [2.45, 2.75) is 117 Å². The van der Waals surface area contributed by atoms with E-state index < -0.39 is 25.7 Å². The summed E-state index contributed by atoms with van der Waals surface area (Å²) in [6.07, 6.45) is 0.647. The molecule has 6 nitrogen and oxygen atoms in total. The van der Waals surface area contributed by atoms with E-state index in [1.807, 2.05) is 0 Å². The van der Waals surface area contributed by atoms with Gasteiger partial charge >= 0.3 is 25.7 Å². The number of ether oxygens (including phenoxy) is 3. The molecule has 0 aromatic carbocycles. The van der Waals surface area contributed by atoms with Crippen molar-refractivity contribution >= 4 is 25.7 Å².